The molecule has 1 amide bonds. The van der Waals surface area contributed by atoms with Crippen LogP contribution in [-0.4, -0.2) is 32.5 Å². The summed E-state index contributed by atoms with van der Waals surface area (Å²) in [4.78, 5) is 13.6. The third kappa shape index (κ3) is 5.57. The molecular formula is C21H27NO4S. The maximum absolute atomic E-state index is 12.7. The van der Waals surface area contributed by atoms with Gasteiger partial charge in [0.05, 0.1) is 32.6 Å². The van der Waals surface area contributed by atoms with Crippen LogP contribution in [-0.2, 0) is 4.79 Å². The van der Waals surface area contributed by atoms with Crippen LogP contribution in [0.3, 0.4) is 0 Å². The second-order valence-electron chi connectivity index (χ2n) is 6.02. The van der Waals surface area contributed by atoms with Crippen molar-refractivity contribution in [3.8, 4) is 17.2 Å². The van der Waals surface area contributed by atoms with Crippen molar-refractivity contribution >= 4 is 17.7 Å². The van der Waals surface area contributed by atoms with E-state index in [2.05, 4.69) is 12.2 Å². The maximum atomic E-state index is 12.7. The van der Waals surface area contributed by atoms with Crippen LogP contribution < -0.4 is 19.5 Å². The molecule has 27 heavy (non-hydrogen) atoms. The van der Waals surface area contributed by atoms with Crippen LogP contribution in [0.1, 0.15) is 31.9 Å². The summed E-state index contributed by atoms with van der Waals surface area (Å²) in [7, 11) is 4.84. The van der Waals surface area contributed by atoms with Gasteiger partial charge in [-0.15, -0.1) is 11.8 Å². The first-order valence-electron chi connectivity index (χ1n) is 8.85. The Morgan fingerprint density at radius 3 is 2.22 bits per heavy atom. The first kappa shape index (κ1) is 21.0. The predicted octanol–water partition coefficient (Wildman–Crippen LogP) is 4.46. The highest BCUT2D eigenvalue weighted by Crippen LogP contribution is 2.33. The van der Waals surface area contributed by atoms with Crippen molar-refractivity contribution in [1.82, 2.24) is 5.32 Å². The van der Waals surface area contributed by atoms with Gasteiger partial charge in [0.25, 0.3) is 0 Å². The summed E-state index contributed by atoms with van der Waals surface area (Å²) in [6, 6.07) is 13.4. The lowest BCUT2D eigenvalue weighted by atomic mass is 10.0. The number of carbonyl (C=O) groups excluding carboxylic acids is 1. The number of ether oxygens (including phenoxy) is 3. The van der Waals surface area contributed by atoms with Gasteiger partial charge in [-0.3, -0.25) is 4.79 Å². The number of rotatable bonds is 9. The molecule has 0 radical (unpaired) electrons. The van der Waals surface area contributed by atoms with Gasteiger partial charge >= 0.3 is 0 Å². The topological polar surface area (TPSA) is 56.8 Å². The molecule has 0 fully saturated rings. The molecule has 5 nitrogen and oxygen atoms in total. The number of thioether (sulfide) groups is 1. The number of hydrogen-bond donors (Lipinski definition) is 1. The van der Waals surface area contributed by atoms with Crippen molar-refractivity contribution < 1.29 is 19.0 Å². The molecule has 1 N–H and O–H groups in total. The lowest BCUT2D eigenvalue weighted by Crippen LogP contribution is -2.34. The molecule has 0 spiro atoms. The summed E-state index contributed by atoms with van der Waals surface area (Å²) in [5, 5.41) is 2.89. The Balaban J connectivity index is 2.03. The summed E-state index contributed by atoms with van der Waals surface area (Å²) in [6.45, 7) is 3.96. The molecule has 2 aromatic rings. The molecule has 2 aromatic carbocycles. The Kier molecular flexibility index (Phi) is 7.85. The highest BCUT2D eigenvalue weighted by Gasteiger charge is 2.19. The monoisotopic (exact) mass is 389 g/mol. The zero-order valence-electron chi connectivity index (χ0n) is 16.4. The van der Waals surface area contributed by atoms with Crippen LogP contribution in [0.25, 0.3) is 0 Å². The van der Waals surface area contributed by atoms with Gasteiger partial charge < -0.3 is 19.5 Å². The van der Waals surface area contributed by atoms with E-state index in [0.29, 0.717) is 11.5 Å². The van der Waals surface area contributed by atoms with E-state index in [1.54, 1.807) is 21.3 Å². The van der Waals surface area contributed by atoms with Gasteiger partial charge in [0.15, 0.2) is 11.5 Å². The zero-order valence-corrected chi connectivity index (χ0v) is 17.3. The fourth-order valence-electron chi connectivity index (χ4n) is 2.69. The first-order chi connectivity index (χ1) is 13.0. The molecule has 0 aliphatic rings. The van der Waals surface area contributed by atoms with Crippen molar-refractivity contribution in [3.05, 3.63) is 48.0 Å². The van der Waals surface area contributed by atoms with Crippen molar-refractivity contribution in [2.75, 3.05) is 21.3 Å². The molecule has 0 bridgehead atoms. The SMILES string of the molecule is CC[C@@H](NC(=O)[C@H](C)Sc1ccc(OC)c(OC)c1)c1ccc(OC)cc1. The summed E-state index contributed by atoms with van der Waals surface area (Å²) in [6.07, 6.45) is 0.811. The molecule has 0 saturated heterocycles. The minimum absolute atomic E-state index is 0.00236. The van der Waals surface area contributed by atoms with Crippen LogP contribution in [0, 0.1) is 0 Å². The highest BCUT2D eigenvalue weighted by atomic mass is 32.2. The van der Waals surface area contributed by atoms with Crippen LogP contribution >= 0.6 is 11.8 Å². The van der Waals surface area contributed by atoms with E-state index in [9.17, 15) is 4.79 Å². The smallest absolute Gasteiger partial charge is 0.233 e. The molecular weight excluding hydrogens is 362 g/mol. The number of methoxy groups -OCH3 is 3. The lowest BCUT2D eigenvalue weighted by Gasteiger charge is -2.20. The Bertz CT molecular complexity index is 748. The van der Waals surface area contributed by atoms with Gasteiger partial charge in [-0.25, -0.2) is 0 Å². The van der Waals surface area contributed by atoms with Gasteiger partial charge in [0.1, 0.15) is 5.75 Å². The second-order valence-corrected chi connectivity index (χ2v) is 7.43. The maximum Gasteiger partial charge on any atom is 0.233 e. The third-order valence-corrected chi connectivity index (χ3v) is 5.37. The van der Waals surface area contributed by atoms with Gasteiger partial charge in [0, 0.05) is 4.90 Å². The number of amides is 1. The highest BCUT2D eigenvalue weighted by molar-refractivity contribution is 8.00. The van der Waals surface area contributed by atoms with E-state index in [4.69, 9.17) is 14.2 Å². The van der Waals surface area contributed by atoms with Crippen LogP contribution in [0.15, 0.2) is 47.4 Å². The quantitative estimate of drug-likeness (QED) is 0.642. The minimum atomic E-state index is -0.240. The van der Waals surface area contributed by atoms with Crippen molar-refractivity contribution in [3.63, 3.8) is 0 Å². The van der Waals surface area contributed by atoms with E-state index < -0.39 is 0 Å². The molecule has 0 saturated carbocycles. The van der Waals surface area contributed by atoms with Crippen molar-refractivity contribution in [2.45, 2.75) is 36.5 Å². The molecule has 6 heteroatoms. The Labute approximate surface area is 165 Å². The van der Waals surface area contributed by atoms with Gasteiger partial charge in [-0.1, -0.05) is 19.1 Å². The number of carbonyl (C=O) groups is 1. The average Bonchev–Trinajstić information content (AvgIpc) is 2.71. The van der Waals surface area contributed by atoms with E-state index in [1.807, 2.05) is 49.4 Å². The predicted molar refractivity (Wildman–Crippen MR) is 109 cm³/mol. The van der Waals surface area contributed by atoms with Crippen LogP contribution in [0.2, 0.25) is 0 Å². The van der Waals surface area contributed by atoms with Crippen molar-refractivity contribution in [2.24, 2.45) is 0 Å². The van der Waals surface area contributed by atoms with Gasteiger partial charge in [0.2, 0.25) is 5.91 Å². The van der Waals surface area contributed by atoms with E-state index in [-0.39, 0.29) is 17.2 Å². The molecule has 0 aliphatic heterocycles. The Morgan fingerprint density at radius 1 is 1.00 bits per heavy atom. The normalized spacial score (nSPS) is 12.8. The summed E-state index contributed by atoms with van der Waals surface area (Å²) in [5.74, 6) is 2.12. The minimum Gasteiger partial charge on any atom is -0.497 e. The van der Waals surface area contributed by atoms with Gasteiger partial charge in [-0.2, -0.15) is 0 Å². The standard InChI is InChI=1S/C21H27NO4S/c1-6-18(15-7-9-16(24-3)10-8-15)22-21(23)14(2)27-17-11-12-19(25-4)20(13-17)26-5/h7-14,18H,6H2,1-5H3,(H,22,23)/t14-,18+/m0/s1. The first-order valence-corrected chi connectivity index (χ1v) is 9.73. The average molecular weight is 390 g/mol. The van der Waals surface area contributed by atoms with Crippen molar-refractivity contribution in [1.29, 1.82) is 0 Å². The van der Waals surface area contributed by atoms with Crippen LogP contribution in [0.5, 0.6) is 17.2 Å². The number of hydrogen-bond acceptors (Lipinski definition) is 5. The molecule has 146 valence electrons. The summed E-state index contributed by atoms with van der Waals surface area (Å²) >= 11 is 1.49. The number of nitrogens with one attached hydrogen (secondary N) is 1. The van der Waals surface area contributed by atoms with E-state index >= 15 is 0 Å². The molecule has 2 rings (SSSR count). The fourth-order valence-corrected chi connectivity index (χ4v) is 3.60. The fraction of sp³-hybridized carbons (Fsp3) is 0.381. The zero-order chi connectivity index (χ0) is 19.8. The lowest BCUT2D eigenvalue weighted by molar-refractivity contribution is -0.121. The second kappa shape index (κ2) is 10.1. The summed E-state index contributed by atoms with van der Waals surface area (Å²) < 4.78 is 15.8. The van der Waals surface area contributed by atoms with Crippen LogP contribution in [0.4, 0.5) is 0 Å². The Morgan fingerprint density at radius 2 is 1.67 bits per heavy atom. The molecule has 0 aromatic heterocycles. The third-order valence-electron chi connectivity index (χ3n) is 4.28. The number of benzene rings is 2. The summed E-state index contributed by atoms with van der Waals surface area (Å²) in [5.41, 5.74) is 1.06. The molecule has 2 atom stereocenters. The van der Waals surface area contributed by atoms with E-state index in [0.717, 1.165) is 22.6 Å². The largest absolute Gasteiger partial charge is 0.497 e. The molecule has 0 unspecified atom stereocenters. The van der Waals surface area contributed by atoms with E-state index in [1.165, 1.54) is 11.8 Å². The molecule has 0 aliphatic carbocycles. The molecule has 0 heterocycles. The Hall–Kier alpha value is -2.34. The van der Waals surface area contributed by atoms with Gasteiger partial charge in [-0.05, 0) is 49.2 Å².